The highest BCUT2D eigenvalue weighted by Crippen LogP contribution is 2.16. The molecule has 0 bridgehead atoms. The average Bonchev–Trinajstić information content (AvgIpc) is 3.02. The summed E-state index contributed by atoms with van der Waals surface area (Å²) in [5.41, 5.74) is 7.36. The second kappa shape index (κ2) is 7.42. The maximum atomic E-state index is 11.9. The van der Waals surface area contributed by atoms with Crippen LogP contribution in [0.3, 0.4) is 0 Å². The van der Waals surface area contributed by atoms with Crippen molar-refractivity contribution in [1.82, 2.24) is 0 Å². The van der Waals surface area contributed by atoms with Crippen LogP contribution in [0, 0.1) is 0 Å². The van der Waals surface area contributed by atoms with Gasteiger partial charge in [-0.1, -0.05) is 19.4 Å². The molecule has 1 unspecified atom stereocenters. The van der Waals surface area contributed by atoms with E-state index in [0.29, 0.717) is 23.4 Å². The molecule has 2 aromatic rings. The van der Waals surface area contributed by atoms with E-state index >= 15 is 0 Å². The van der Waals surface area contributed by atoms with E-state index in [1.807, 2.05) is 6.92 Å². The SMILES string of the molecule is CCCC(N)C(=O)Nc1cccc(NC(=O)c2ccoc2)c1. The highest BCUT2D eigenvalue weighted by Gasteiger charge is 2.13. The lowest BCUT2D eigenvalue weighted by molar-refractivity contribution is -0.117. The number of carbonyl (C=O) groups is 2. The molecule has 0 fully saturated rings. The summed E-state index contributed by atoms with van der Waals surface area (Å²) < 4.78 is 4.87. The molecule has 0 aliphatic rings. The Morgan fingerprint density at radius 2 is 1.95 bits per heavy atom. The minimum absolute atomic E-state index is 0.236. The van der Waals surface area contributed by atoms with Gasteiger partial charge in [-0.25, -0.2) is 0 Å². The van der Waals surface area contributed by atoms with Crippen molar-refractivity contribution in [1.29, 1.82) is 0 Å². The smallest absolute Gasteiger partial charge is 0.258 e. The van der Waals surface area contributed by atoms with Crippen molar-refractivity contribution >= 4 is 23.2 Å². The Morgan fingerprint density at radius 3 is 2.59 bits per heavy atom. The van der Waals surface area contributed by atoms with Gasteiger partial charge in [-0.15, -0.1) is 0 Å². The van der Waals surface area contributed by atoms with E-state index in [1.54, 1.807) is 30.3 Å². The molecule has 116 valence electrons. The molecule has 0 aliphatic carbocycles. The summed E-state index contributed by atoms with van der Waals surface area (Å²) in [5, 5.41) is 5.47. The number of amides is 2. The predicted molar refractivity (Wildman–Crippen MR) is 84.6 cm³/mol. The third-order valence-electron chi connectivity index (χ3n) is 3.11. The average molecular weight is 301 g/mol. The van der Waals surface area contributed by atoms with Crippen molar-refractivity contribution in [3.63, 3.8) is 0 Å². The maximum absolute atomic E-state index is 11.9. The van der Waals surface area contributed by atoms with Gasteiger partial charge in [-0.05, 0) is 30.7 Å². The van der Waals surface area contributed by atoms with Crippen molar-refractivity contribution < 1.29 is 14.0 Å². The monoisotopic (exact) mass is 301 g/mol. The Hall–Kier alpha value is -2.60. The Labute approximate surface area is 128 Å². The number of hydrogen-bond acceptors (Lipinski definition) is 4. The third-order valence-corrected chi connectivity index (χ3v) is 3.11. The van der Waals surface area contributed by atoms with Gasteiger partial charge in [0.15, 0.2) is 0 Å². The quantitative estimate of drug-likeness (QED) is 0.764. The number of furan rings is 1. The van der Waals surface area contributed by atoms with Crippen molar-refractivity contribution in [3.05, 3.63) is 48.4 Å². The summed E-state index contributed by atoms with van der Waals surface area (Å²) in [6, 6.07) is 7.93. The van der Waals surface area contributed by atoms with Crippen molar-refractivity contribution in [2.24, 2.45) is 5.73 Å². The fourth-order valence-corrected chi connectivity index (χ4v) is 1.95. The first-order valence-electron chi connectivity index (χ1n) is 7.10. The van der Waals surface area contributed by atoms with Crippen molar-refractivity contribution in [2.45, 2.75) is 25.8 Å². The zero-order chi connectivity index (χ0) is 15.9. The first-order chi connectivity index (χ1) is 10.6. The molecule has 2 rings (SSSR count). The lowest BCUT2D eigenvalue weighted by Crippen LogP contribution is -2.35. The van der Waals surface area contributed by atoms with Crippen molar-refractivity contribution in [3.8, 4) is 0 Å². The van der Waals surface area contributed by atoms with Gasteiger partial charge in [0.1, 0.15) is 6.26 Å². The van der Waals surface area contributed by atoms with Gasteiger partial charge in [-0.3, -0.25) is 9.59 Å². The molecule has 0 radical (unpaired) electrons. The topological polar surface area (TPSA) is 97.4 Å². The predicted octanol–water partition coefficient (Wildman–Crippen LogP) is 2.60. The van der Waals surface area contributed by atoms with E-state index in [1.165, 1.54) is 12.5 Å². The number of anilines is 2. The van der Waals surface area contributed by atoms with Crippen LogP contribution in [0.4, 0.5) is 11.4 Å². The van der Waals surface area contributed by atoms with Crippen LogP contribution in [-0.4, -0.2) is 17.9 Å². The highest BCUT2D eigenvalue weighted by atomic mass is 16.3. The number of nitrogens with two attached hydrogens (primary N) is 1. The van der Waals surface area contributed by atoms with E-state index in [4.69, 9.17) is 10.2 Å². The summed E-state index contributed by atoms with van der Waals surface area (Å²) in [6.45, 7) is 1.97. The van der Waals surface area contributed by atoms with Crippen LogP contribution in [0.25, 0.3) is 0 Å². The number of hydrogen-bond donors (Lipinski definition) is 3. The lowest BCUT2D eigenvalue weighted by Gasteiger charge is -2.12. The van der Waals surface area contributed by atoms with E-state index in [-0.39, 0.29) is 11.8 Å². The summed E-state index contributed by atoms with van der Waals surface area (Å²) in [5.74, 6) is -0.514. The van der Waals surface area contributed by atoms with Crippen LogP contribution in [0.2, 0.25) is 0 Å². The molecule has 6 heteroatoms. The summed E-state index contributed by atoms with van der Waals surface area (Å²) >= 11 is 0. The Balaban J connectivity index is 2.01. The largest absolute Gasteiger partial charge is 0.472 e. The van der Waals surface area contributed by atoms with Gasteiger partial charge in [0.05, 0.1) is 17.9 Å². The molecule has 0 spiro atoms. The molecule has 1 aromatic carbocycles. The summed E-state index contributed by atoms with van der Waals surface area (Å²) in [6.07, 6.45) is 4.27. The van der Waals surface area contributed by atoms with E-state index in [0.717, 1.165) is 6.42 Å². The zero-order valence-electron chi connectivity index (χ0n) is 12.3. The van der Waals surface area contributed by atoms with E-state index in [9.17, 15) is 9.59 Å². The molecule has 0 saturated heterocycles. The van der Waals surface area contributed by atoms with Gasteiger partial charge in [0.2, 0.25) is 5.91 Å². The number of carbonyl (C=O) groups excluding carboxylic acids is 2. The van der Waals surface area contributed by atoms with E-state index in [2.05, 4.69) is 10.6 Å². The van der Waals surface area contributed by atoms with Crippen LogP contribution < -0.4 is 16.4 Å². The number of nitrogens with one attached hydrogen (secondary N) is 2. The van der Waals surface area contributed by atoms with Gasteiger partial charge in [-0.2, -0.15) is 0 Å². The van der Waals surface area contributed by atoms with Crippen LogP contribution >= 0.6 is 0 Å². The van der Waals surface area contributed by atoms with Gasteiger partial charge in [0.25, 0.3) is 5.91 Å². The minimum Gasteiger partial charge on any atom is -0.472 e. The zero-order valence-corrected chi connectivity index (χ0v) is 12.3. The van der Waals surface area contributed by atoms with E-state index < -0.39 is 6.04 Å². The highest BCUT2D eigenvalue weighted by molar-refractivity contribution is 6.04. The molecule has 0 saturated carbocycles. The lowest BCUT2D eigenvalue weighted by atomic mass is 10.1. The molecular weight excluding hydrogens is 282 g/mol. The summed E-state index contributed by atoms with van der Waals surface area (Å²) in [7, 11) is 0. The second-order valence-corrected chi connectivity index (χ2v) is 4.93. The second-order valence-electron chi connectivity index (χ2n) is 4.93. The van der Waals surface area contributed by atoms with Gasteiger partial charge >= 0.3 is 0 Å². The minimum atomic E-state index is -0.533. The molecule has 1 heterocycles. The van der Waals surface area contributed by atoms with Gasteiger partial charge in [0, 0.05) is 11.4 Å². The van der Waals surface area contributed by atoms with Crippen LogP contribution in [0.15, 0.2) is 47.3 Å². The normalized spacial score (nSPS) is 11.7. The Kier molecular flexibility index (Phi) is 5.32. The molecule has 4 N–H and O–H groups in total. The fraction of sp³-hybridized carbons (Fsp3) is 0.250. The van der Waals surface area contributed by atoms with Gasteiger partial charge < -0.3 is 20.8 Å². The Bertz CT molecular complexity index is 638. The molecule has 1 aromatic heterocycles. The maximum Gasteiger partial charge on any atom is 0.258 e. The molecule has 22 heavy (non-hydrogen) atoms. The molecular formula is C16H19N3O3. The molecule has 0 aliphatic heterocycles. The molecule has 1 atom stereocenters. The van der Waals surface area contributed by atoms with Crippen molar-refractivity contribution in [2.75, 3.05) is 10.6 Å². The van der Waals surface area contributed by atoms with Crippen LogP contribution in [0.5, 0.6) is 0 Å². The van der Waals surface area contributed by atoms with Crippen LogP contribution in [-0.2, 0) is 4.79 Å². The first-order valence-corrected chi connectivity index (χ1v) is 7.10. The number of benzene rings is 1. The Morgan fingerprint density at radius 1 is 1.23 bits per heavy atom. The number of rotatable bonds is 6. The molecule has 2 amide bonds. The van der Waals surface area contributed by atoms with Crippen LogP contribution in [0.1, 0.15) is 30.1 Å². The third kappa shape index (κ3) is 4.20. The first kappa shape index (κ1) is 15.8. The standard InChI is InChI=1S/C16H19N3O3/c1-2-4-14(17)16(21)19-13-6-3-5-12(9-13)18-15(20)11-7-8-22-10-11/h3,5-10,14H,2,4,17H2,1H3,(H,18,20)(H,19,21). The molecule has 6 nitrogen and oxygen atoms in total. The summed E-state index contributed by atoms with van der Waals surface area (Å²) in [4.78, 5) is 23.8. The fourth-order valence-electron chi connectivity index (χ4n) is 1.95.